The van der Waals surface area contributed by atoms with Gasteiger partial charge >= 0.3 is 11.9 Å². The average Bonchev–Trinajstić information content (AvgIpc) is 3.32. The van der Waals surface area contributed by atoms with Crippen LogP contribution in [0.4, 0.5) is 0 Å². The lowest BCUT2D eigenvalue weighted by Gasteiger charge is -2.09. The second-order valence-electron chi connectivity index (χ2n) is 9.96. The van der Waals surface area contributed by atoms with Gasteiger partial charge in [-0.25, -0.2) is 9.59 Å². The molecule has 224 valence electrons. The van der Waals surface area contributed by atoms with Gasteiger partial charge in [0.15, 0.2) is 23.0 Å². The Hall–Kier alpha value is -5.50. The molecule has 1 aliphatic carbocycles. The van der Waals surface area contributed by atoms with Crippen molar-refractivity contribution in [3.05, 3.63) is 107 Å². The molecule has 0 spiro atoms. The maximum atomic E-state index is 12.6. The Labute approximate surface area is 256 Å². The molecule has 0 unspecified atom stereocenters. The first-order chi connectivity index (χ1) is 21.3. The Morgan fingerprint density at radius 3 is 1.34 bits per heavy atom. The quantitative estimate of drug-likeness (QED) is 0.110. The van der Waals surface area contributed by atoms with Crippen molar-refractivity contribution < 1.29 is 38.0 Å². The van der Waals surface area contributed by atoms with Crippen LogP contribution in [0.2, 0.25) is 0 Å². The number of carbonyl (C=O) groups excluding carboxylic acids is 2. The number of fused-ring (bicyclic) bond motifs is 3. The highest BCUT2D eigenvalue weighted by Crippen LogP contribution is 2.47. The third-order valence-electron chi connectivity index (χ3n) is 7.35. The molecule has 5 rings (SSSR count). The summed E-state index contributed by atoms with van der Waals surface area (Å²) in [4.78, 5) is 25.2. The van der Waals surface area contributed by atoms with Crippen LogP contribution in [0.3, 0.4) is 0 Å². The normalized spacial score (nSPS) is 13.3. The first-order valence-electron chi connectivity index (χ1n) is 13.9. The minimum atomic E-state index is -0.502. The largest absolute Gasteiger partial charge is 0.493 e. The van der Waals surface area contributed by atoms with Crippen molar-refractivity contribution >= 4 is 24.1 Å². The van der Waals surface area contributed by atoms with Crippen LogP contribution < -0.4 is 28.4 Å². The van der Waals surface area contributed by atoms with E-state index in [0.29, 0.717) is 34.5 Å². The summed E-state index contributed by atoms with van der Waals surface area (Å²) in [6.45, 7) is 2.07. The van der Waals surface area contributed by atoms with E-state index in [0.717, 1.165) is 33.4 Å². The van der Waals surface area contributed by atoms with Crippen LogP contribution in [0.15, 0.2) is 84.9 Å². The minimum Gasteiger partial charge on any atom is -0.493 e. The molecule has 4 aromatic carbocycles. The topological polar surface area (TPSA) is 89.5 Å². The van der Waals surface area contributed by atoms with Crippen molar-refractivity contribution in [1.29, 1.82) is 0 Å². The molecule has 0 bridgehead atoms. The number of ether oxygens (including phenoxy) is 6. The van der Waals surface area contributed by atoms with Crippen molar-refractivity contribution in [3.63, 3.8) is 0 Å². The molecule has 0 saturated heterocycles. The maximum absolute atomic E-state index is 12.6. The molecule has 0 heterocycles. The molecule has 8 nitrogen and oxygen atoms in total. The second kappa shape index (κ2) is 13.2. The predicted octanol–water partition coefficient (Wildman–Crippen LogP) is 7.09. The van der Waals surface area contributed by atoms with Crippen molar-refractivity contribution in [2.45, 2.75) is 12.8 Å². The van der Waals surface area contributed by atoms with Gasteiger partial charge in [0.25, 0.3) is 0 Å². The molecular formula is C36H32O8. The highest BCUT2D eigenvalue weighted by atomic mass is 16.5. The number of hydrogen-bond acceptors (Lipinski definition) is 8. The van der Waals surface area contributed by atoms with E-state index in [1.54, 1.807) is 77.0 Å². The van der Waals surface area contributed by atoms with Crippen molar-refractivity contribution in [2.75, 3.05) is 28.4 Å². The number of rotatable bonds is 10. The molecule has 0 aliphatic heterocycles. The lowest BCUT2D eigenvalue weighted by Crippen LogP contribution is -2.04. The lowest BCUT2D eigenvalue weighted by atomic mass is 9.99. The smallest absolute Gasteiger partial charge is 0.336 e. The standard InChI is InChI=1S/C36H32O8/c1-22-29-20-25(43-35(37)16-8-23-6-14-31(39-2)33(18-23)41-4)10-12-27(29)28-13-11-26(21-30(22)28)44-36(38)17-9-24-7-15-32(40-3)34(19-24)42-5/h6-22H,1-5H3. The first-order valence-corrected chi connectivity index (χ1v) is 13.9. The Morgan fingerprint density at radius 1 is 0.545 bits per heavy atom. The van der Waals surface area contributed by atoms with Crippen molar-refractivity contribution in [2.24, 2.45) is 0 Å². The zero-order valence-electron chi connectivity index (χ0n) is 25.1. The zero-order valence-corrected chi connectivity index (χ0v) is 25.1. The van der Waals surface area contributed by atoms with E-state index in [9.17, 15) is 9.59 Å². The number of methoxy groups -OCH3 is 4. The summed E-state index contributed by atoms with van der Waals surface area (Å²) in [5, 5.41) is 0. The van der Waals surface area contributed by atoms with Crippen LogP contribution in [-0.2, 0) is 9.59 Å². The van der Waals surface area contributed by atoms with Gasteiger partial charge in [0.2, 0.25) is 0 Å². The molecule has 0 N–H and O–H groups in total. The summed E-state index contributed by atoms with van der Waals surface area (Å²) in [7, 11) is 6.25. The summed E-state index contributed by atoms with van der Waals surface area (Å²) in [5.41, 5.74) is 5.66. The van der Waals surface area contributed by atoms with Crippen molar-refractivity contribution in [1.82, 2.24) is 0 Å². The third-order valence-corrected chi connectivity index (χ3v) is 7.35. The Morgan fingerprint density at radius 2 is 0.955 bits per heavy atom. The van der Waals surface area contributed by atoms with Crippen LogP contribution in [0.25, 0.3) is 23.3 Å². The molecule has 44 heavy (non-hydrogen) atoms. The Bertz CT molecular complexity index is 1640. The van der Waals surface area contributed by atoms with E-state index >= 15 is 0 Å². The monoisotopic (exact) mass is 592 g/mol. The third kappa shape index (κ3) is 6.44. The number of benzene rings is 4. The van der Waals surface area contributed by atoms with E-state index in [1.165, 1.54) is 12.2 Å². The summed E-state index contributed by atoms with van der Waals surface area (Å²) < 4.78 is 32.3. The molecular weight excluding hydrogens is 560 g/mol. The highest BCUT2D eigenvalue weighted by molar-refractivity contribution is 5.90. The predicted molar refractivity (Wildman–Crippen MR) is 168 cm³/mol. The van der Waals surface area contributed by atoms with Crippen LogP contribution in [0.5, 0.6) is 34.5 Å². The average molecular weight is 593 g/mol. The maximum Gasteiger partial charge on any atom is 0.336 e. The molecule has 1 aliphatic rings. The van der Waals surface area contributed by atoms with Gasteiger partial charge in [-0.2, -0.15) is 0 Å². The van der Waals surface area contributed by atoms with Gasteiger partial charge in [-0.3, -0.25) is 0 Å². The van der Waals surface area contributed by atoms with Crippen LogP contribution in [0, 0.1) is 0 Å². The van der Waals surface area contributed by atoms with E-state index in [1.807, 2.05) is 36.4 Å². The number of hydrogen-bond donors (Lipinski definition) is 0. The molecule has 8 heteroatoms. The zero-order chi connectivity index (χ0) is 31.2. The molecule has 0 aromatic heterocycles. The Kier molecular flexibility index (Phi) is 9.00. The minimum absolute atomic E-state index is 0.00177. The van der Waals surface area contributed by atoms with Gasteiger partial charge in [0.05, 0.1) is 28.4 Å². The fourth-order valence-electron chi connectivity index (χ4n) is 5.13. The van der Waals surface area contributed by atoms with Gasteiger partial charge in [-0.05, 0) is 94.1 Å². The molecule has 0 amide bonds. The second-order valence-corrected chi connectivity index (χ2v) is 9.96. The molecule has 0 radical (unpaired) electrons. The van der Waals surface area contributed by atoms with Gasteiger partial charge in [-0.1, -0.05) is 31.2 Å². The summed E-state index contributed by atoms with van der Waals surface area (Å²) in [5.74, 6) is 2.23. The fourth-order valence-corrected chi connectivity index (χ4v) is 5.13. The first kappa shape index (κ1) is 30.0. The molecule has 4 aromatic rings. The SMILES string of the molecule is COc1ccc(C=CC(=O)Oc2ccc3c(c2)C(C)c2cc(OC(=O)C=Cc4ccc(OC)c(OC)c4)ccc2-3)cc1OC. The van der Waals surface area contributed by atoms with Crippen LogP contribution in [0.1, 0.15) is 35.1 Å². The van der Waals surface area contributed by atoms with E-state index in [4.69, 9.17) is 28.4 Å². The van der Waals surface area contributed by atoms with E-state index < -0.39 is 11.9 Å². The highest BCUT2D eigenvalue weighted by Gasteiger charge is 2.27. The summed E-state index contributed by atoms with van der Waals surface area (Å²) >= 11 is 0. The van der Waals surface area contributed by atoms with Crippen LogP contribution >= 0.6 is 0 Å². The van der Waals surface area contributed by atoms with Crippen molar-refractivity contribution in [3.8, 4) is 45.6 Å². The molecule has 0 atom stereocenters. The van der Waals surface area contributed by atoms with Gasteiger partial charge in [-0.15, -0.1) is 0 Å². The van der Waals surface area contributed by atoms with Crippen LogP contribution in [-0.4, -0.2) is 40.4 Å². The van der Waals surface area contributed by atoms with E-state index in [-0.39, 0.29) is 5.92 Å². The summed E-state index contributed by atoms with van der Waals surface area (Å²) in [6, 6.07) is 21.9. The summed E-state index contributed by atoms with van der Waals surface area (Å²) in [6.07, 6.45) is 6.05. The number of esters is 2. The fraction of sp³-hybridized carbons (Fsp3) is 0.167. The van der Waals surface area contributed by atoms with Gasteiger partial charge < -0.3 is 28.4 Å². The van der Waals surface area contributed by atoms with Gasteiger partial charge in [0, 0.05) is 18.1 Å². The molecule has 0 saturated carbocycles. The molecule has 0 fully saturated rings. The Balaban J connectivity index is 1.24. The van der Waals surface area contributed by atoms with Gasteiger partial charge in [0.1, 0.15) is 11.5 Å². The lowest BCUT2D eigenvalue weighted by molar-refractivity contribution is -0.129. The van der Waals surface area contributed by atoms with E-state index in [2.05, 4.69) is 6.92 Å². The number of carbonyl (C=O) groups is 2.